The summed E-state index contributed by atoms with van der Waals surface area (Å²) in [5, 5.41) is 5.61. The minimum absolute atomic E-state index is 0.0551. The lowest BCUT2D eigenvalue weighted by molar-refractivity contribution is -0.112. The van der Waals surface area contributed by atoms with Gasteiger partial charge in [-0.05, 0) is 47.9 Å². The largest absolute Gasteiger partial charge is 0.437 e. The average molecular weight is 543 g/mol. The van der Waals surface area contributed by atoms with Crippen LogP contribution in [0.25, 0.3) is 11.0 Å². The zero-order chi connectivity index (χ0) is 27.0. The zero-order valence-corrected chi connectivity index (χ0v) is 20.9. The highest BCUT2D eigenvalue weighted by atomic mass is 35.5. The molecule has 0 bridgehead atoms. The Balaban J connectivity index is 1.25. The van der Waals surface area contributed by atoms with Gasteiger partial charge in [-0.1, -0.05) is 24.2 Å². The molecule has 4 aromatic rings. The third kappa shape index (κ3) is 5.23. The Morgan fingerprint density at radius 3 is 2.68 bits per heavy atom. The standard InChI is InChI=1S/C26H22ClF3N6O2/c1-15(26(28,29)30)36-10-7-16-3-4-18(11-17(16)13-36)33-25(37)34-21-6-5-19(12-20(21)27)38-24-23-22(31-14-32-24)8-9-35(23)2/h3-6,8-9,11-12,14H,1,7,10,13H2,2H3,(H2,33,34,37). The molecule has 196 valence electrons. The molecule has 0 atom stereocenters. The SMILES string of the molecule is C=C(N1CCc2ccc(NC(=O)Nc3ccc(Oc4ncnc5ccn(C)c45)cc3Cl)cc2C1)C(F)(F)F. The Bertz CT molecular complexity index is 1550. The second kappa shape index (κ2) is 9.90. The van der Waals surface area contributed by atoms with Crippen molar-refractivity contribution in [2.24, 2.45) is 7.05 Å². The summed E-state index contributed by atoms with van der Waals surface area (Å²) in [6.07, 6.45) is -0.784. The van der Waals surface area contributed by atoms with Crippen molar-refractivity contribution in [2.45, 2.75) is 19.1 Å². The van der Waals surface area contributed by atoms with E-state index in [9.17, 15) is 18.0 Å². The van der Waals surface area contributed by atoms with Gasteiger partial charge in [0.1, 0.15) is 23.3 Å². The number of carbonyl (C=O) groups excluding carboxylic acids is 1. The van der Waals surface area contributed by atoms with E-state index in [-0.39, 0.29) is 18.1 Å². The number of aromatic nitrogens is 3. The van der Waals surface area contributed by atoms with E-state index in [1.807, 2.05) is 23.9 Å². The molecule has 2 N–H and O–H groups in total. The van der Waals surface area contributed by atoms with Crippen molar-refractivity contribution in [3.63, 3.8) is 0 Å². The third-order valence-electron chi connectivity index (χ3n) is 6.21. The normalized spacial score (nSPS) is 13.2. The maximum atomic E-state index is 13.1. The van der Waals surface area contributed by atoms with E-state index in [1.54, 1.807) is 36.4 Å². The number of aryl methyl sites for hydroxylation is 1. The van der Waals surface area contributed by atoms with E-state index in [4.69, 9.17) is 16.3 Å². The molecular weight excluding hydrogens is 521 g/mol. The summed E-state index contributed by atoms with van der Waals surface area (Å²) in [5.74, 6) is 0.781. The lowest BCUT2D eigenvalue weighted by Gasteiger charge is -2.33. The van der Waals surface area contributed by atoms with Crippen LogP contribution in [0.2, 0.25) is 5.02 Å². The van der Waals surface area contributed by atoms with Gasteiger partial charge in [-0.3, -0.25) is 0 Å². The first-order chi connectivity index (χ1) is 18.1. The smallest absolute Gasteiger partial charge is 0.430 e. The summed E-state index contributed by atoms with van der Waals surface area (Å²) >= 11 is 6.38. The molecule has 0 saturated carbocycles. The number of hydrogen-bond acceptors (Lipinski definition) is 5. The maximum absolute atomic E-state index is 13.1. The Kier molecular flexibility index (Phi) is 6.62. The lowest BCUT2D eigenvalue weighted by atomic mass is 9.98. The number of hydrogen-bond donors (Lipinski definition) is 2. The second-order valence-corrected chi connectivity index (χ2v) is 9.17. The van der Waals surface area contributed by atoms with Crippen LogP contribution in [0, 0.1) is 0 Å². The highest BCUT2D eigenvalue weighted by Gasteiger charge is 2.36. The molecule has 0 radical (unpaired) electrons. The van der Waals surface area contributed by atoms with Gasteiger partial charge in [0.2, 0.25) is 5.88 Å². The van der Waals surface area contributed by atoms with Gasteiger partial charge < -0.3 is 24.8 Å². The van der Waals surface area contributed by atoms with Gasteiger partial charge in [0.15, 0.2) is 0 Å². The maximum Gasteiger partial charge on any atom is 0.430 e. The topological polar surface area (TPSA) is 84.3 Å². The number of urea groups is 1. The van der Waals surface area contributed by atoms with Gasteiger partial charge in [-0.2, -0.15) is 18.2 Å². The summed E-state index contributed by atoms with van der Waals surface area (Å²) in [6, 6.07) is 11.2. The fourth-order valence-corrected chi connectivity index (χ4v) is 4.48. The number of ether oxygens (including phenoxy) is 1. The molecular formula is C26H22ClF3N6O2. The highest BCUT2D eigenvalue weighted by molar-refractivity contribution is 6.34. The molecule has 0 saturated heterocycles. The molecule has 5 rings (SSSR count). The second-order valence-electron chi connectivity index (χ2n) is 8.76. The third-order valence-corrected chi connectivity index (χ3v) is 6.53. The molecule has 2 amide bonds. The van der Waals surface area contributed by atoms with Gasteiger partial charge in [0.25, 0.3) is 0 Å². The first kappa shape index (κ1) is 25.4. The van der Waals surface area contributed by atoms with Crippen LogP contribution < -0.4 is 15.4 Å². The summed E-state index contributed by atoms with van der Waals surface area (Å²) in [6.45, 7) is 3.47. The number of amides is 2. The monoisotopic (exact) mass is 542 g/mol. The molecule has 0 aliphatic carbocycles. The van der Waals surface area contributed by atoms with E-state index >= 15 is 0 Å². The minimum atomic E-state index is -4.49. The molecule has 0 unspecified atom stereocenters. The highest BCUT2D eigenvalue weighted by Crippen LogP contribution is 2.33. The number of carbonyl (C=O) groups is 1. The molecule has 3 heterocycles. The van der Waals surface area contributed by atoms with Crippen LogP contribution in [0.5, 0.6) is 11.6 Å². The number of fused-ring (bicyclic) bond motifs is 2. The summed E-state index contributed by atoms with van der Waals surface area (Å²) in [7, 11) is 1.86. The molecule has 0 spiro atoms. The molecule has 8 nitrogen and oxygen atoms in total. The van der Waals surface area contributed by atoms with Crippen molar-refractivity contribution in [3.05, 3.63) is 83.4 Å². The van der Waals surface area contributed by atoms with Crippen molar-refractivity contribution in [1.29, 1.82) is 0 Å². The number of rotatable bonds is 5. The van der Waals surface area contributed by atoms with Crippen LogP contribution in [-0.4, -0.2) is 38.2 Å². The Morgan fingerprint density at radius 2 is 1.92 bits per heavy atom. The van der Waals surface area contributed by atoms with Crippen LogP contribution in [0.4, 0.5) is 29.3 Å². The summed E-state index contributed by atoms with van der Waals surface area (Å²) < 4.78 is 46.9. The quantitative estimate of drug-likeness (QED) is 0.301. The van der Waals surface area contributed by atoms with E-state index in [1.165, 1.54) is 11.2 Å². The molecule has 38 heavy (non-hydrogen) atoms. The van der Waals surface area contributed by atoms with Crippen LogP contribution >= 0.6 is 11.6 Å². The van der Waals surface area contributed by atoms with Crippen molar-refractivity contribution in [3.8, 4) is 11.6 Å². The van der Waals surface area contributed by atoms with Crippen molar-refractivity contribution in [2.75, 3.05) is 17.2 Å². The fraction of sp³-hybridized carbons (Fsp3) is 0.192. The number of nitrogens with zero attached hydrogens (tertiary/aromatic N) is 4. The summed E-state index contributed by atoms with van der Waals surface area (Å²) in [4.78, 5) is 22.2. The average Bonchev–Trinajstić information content (AvgIpc) is 3.26. The predicted octanol–water partition coefficient (Wildman–Crippen LogP) is 6.49. The Labute approximate surface area is 220 Å². The molecule has 1 aliphatic rings. The number of halogens is 4. The Hall–Kier alpha value is -4.25. The first-order valence-corrected chi connectivity index (χ1v) is 11.9. The molecule has 2 aromatic carbocycles. The van der Waals surface area contributed by atoms with Crippen LogP contribution in [0.1, 0.15) is 11.1 Å². The van der Waals surface area contributed by atoms with Crippen LogP contribution in [0.15, 0.2) is 67.3 Å². The van der Waals surface area contributed by atoms with Crippen molar-refractivity contribution < 1.29 is 22.7 Å². The minimum Gasteiger partial charge on any atom is -0.437 e. The lowest BCUT2D eigenvalue weighted by Crippen LogP contribution is -2.35. The van der Waals surface area contributed by atoms with Crippen molar-refractivity contribution in [1.82, 2.24) is 19.4 Å². The van der Waals surface area contributed by atoms with Crippen LogP contribution in [-0.2, 0) is 20.0 Å². The van der Waals surface area contributed by atoms with Gasteiger partial charge in [0.05, 0.1) is 16.2 Å². The van der Waals surface area contributed by atoms with Gasteiger partial charge >= 0.3 is 12.2 Å². The predicted molar refractivity (Wildman–Crippen MR) is 138 cm³/mol. The zero-order valence-electron chi connectivity index (χ0n) is 20.1. The molecule has 12 heteroatoms. The first-order valence-electron chi connectivity index (χ1n) is 11.5. The number of anilines is 2. The Morgan fingerprint density at radius 1 is 1.11 bits per heavy atom. The van der Waals surface area contributed by atoms with E-state index in [0.29, 0.717) is 35.0 Å². The van der Waals surface area contributed by atoms with E-state index in [2.05, 4.69) is 27.2 Å². The van der Waals surface area contributed by atoms with Gasteiger partial charge in [-0.15, -0.1) is 0 Å². The van der Waals surface area contributed by atoms with E-state index < -0.39 is 17.9 Å². The number of benzene rings is 2. The molecule has 1 aliphatic heterocycles. The van der Waals surface area contributed by atoms with Gasteiger partial charge in [0, 0.05) is 38.1 Å². The summed E-state index contributed by atoms with van der Waals surface area (Å²) in [5.41, 5.74) is 2.98. The number of allylic oxidation sites excluding steroid dienone is 1. The van der Waals surface area contributed by atoms with Gasteiger partial charge in [-0.25, -0.2) is 9.78 Å². The number of alkyl halides is 3. The molecule has 2 aromatic heterocycles. The molecule has 0 fully saturated rings. The number of nitrogens with one attached hydrogen (secondary N) is 2. The fourth-order valence-electron chi connectivity index (χ4n) is 4.26. The van der Waals surface area contributed by atoms with E-state index in [0.717, 1.165) is 16.6 Å². The van der Waals surface area contributed by atoms with Crippen LogP contribution in [0.3, 0.4) is 0 Å². The van der Waals surface area contributed by atoms with Crippen molar-refractivity contribution >= 4 is 40.0 Å².